The van der Waals surface area contributed by atoms with Gasteiger partial charge in [0.2, 0.25) is 0 Å². The summed E-state index contributed by atoms with van der Waals surface area (Å²) in [5.41, 5.74) is 4.11. The van der Waals surface area contributed by atoms with E-state index in [4.69, 9.17) is 44.9 Å². The highest BCUT2D eigenvalue weighted by Gasteiger charge is 2.34. The fraction of sp³-hybridized carbons (Fsp3) is 0.0800. The quantitative estimate of drug-likeness (QED) is 0.111. The van der Waals surface area contributed by atoms with Crippen molar-refractivity contribution < 1.29 is 24.0 Å². The number of thiocarbonyl (C=S) groups is 1. The van der Waals surface area contributed by atoms with Crippen molar-refractivity contribution in [1.29, 1.82) is 0 Å². The minimum absolute atomic E-state index is 0.0128. The molecule has 40 heavy (non-hydrogen) atoms. The summed E-state index contributed by atoms with van der Waals surface area (Å²) in [6, 6.07) is 13.2. The number of benzene rings is 3. The summed E-state index contributed by atoms with van der Waals surface area (Å²) in [6.07, 6.45) is 1.60. The smallest absolute Gasteiger partial charge is 0.338 e. The van der Waals surface area contributed by atoms with Gasteiger partial charge in [-0.05, 0) is 71.9 Å². The number of methoxy groups -OCH3 is 1. The first-order chi connectivity index (χ1) is 19.0. The number of ether oxygens (including phenoxy) is 2. The van der Waals surface area contributed by atoms with E-state index >= 15 is 0 Å². The second kappa shape index (κ2) is 12.9. The van der Waals surface area contributed by atoms with Crippen molar-refractivity contribution in [3.05, 3.63) is 95.3 Å². The van der Waals surface area contributed by atoms with Crippen LogP contribution in [-0.2, 0) is 11.4 Å². The molecule has 1 saturated heterocycles. The van der Waals surface area contributed by atoms with E-state index in [2.05, 4.69) is 26.7 Å². The highest BCUT2D eigenvalue weighted by atomic mass is 79.9. The normalized spacial score (nSPS) is 13.9. The Hall–Kier alpha value is -3.36. The molecule has 1 aliphatic rings. The molecular formula is C25H17BrCl2N4O6S2. The number of hydrogen-bond donors (Lipinski definition) is 2. The molecule has 0 unspecified atom stereocenters. The van der Waals surface area contributed by atoms with E-state index in [9.17, 15) is 19.7 Å². The van der Waals surface area contributed by atoms with E-state index in [1.54, 1.807) is 36.4 Å². The summed E-state index contributed by atoms with van der Waals surface area (Å²) in [5, 5.41) is 15.0. The Morgan fingerprint density at radius 2 is 1.88 bits per heavy atom. The molecule has 0 radical (unpaired) electrons. The van der Waals surface area contributed by atoms with Crippen molar-refractivity contribution in [3.63, 3.8) is 0 Å². The van der Waals surface area contributed by atoms with Gasteiger partial charge in [-0.1, -0.05) is 50.9 Å². The highest BCUT2D eigenvalue weighted by Crippen LogP contribution is 2.38. The molecule has 3 amide bonds. The number of hydrogen-bond acceptors (Lipinski definition) is 8. The first kappa shape index (κ1) is 29.6. The molecule has 1 aliphatic heterocycles. The number of urea groups is 1. The molecule has 0 spiro atoms. The molecular weight excluding hydrogens is 667 g/mol. The lowest BCUT2D eigenvalue weighted by Crippen LogP contribution is -2.46. The molecule has 0 saturated carbocycles. The standard InChI is InChI=1S/C25H17BrCl2N4O6S2/c1-37-20-8-14(17(26)11-21(20)38-12-13-2-5-16(6-3-13)32(35)36)9-22-23(33)31(25(39)40-22)30-24(34)29-15-4-7-18(27)19(28)10-15/h2-11H,12H2,1H3,(H2,29,30,34)/b22-9+. The van der Waals surface area contributed by atoms with Crippen molar-refractivity contribution in [1.82, 2.24) is 10.4 Å². The summed E-state index contributed by atoms with van der Waals surface area (Å²) in [7, 11) is 1.47. The van der Waals surface area contributed by atoms with Gasteiger partial charge >= 0.3 is 6.03 Å². The van der Waals surface area contributed by atoms with Crippen LogP contribution >= 0.6 is 63.1 Å². The Kier molecular flexibility index (Phi) is 9.53. The third-order valence-corrected chi connectivity index (χ3v) is 8.02. The van der Waals surface area contributed by atoms with Crippen LogP contribution in [0.4, 0.5) is 16.2 Å². The van der Waals surface area contributed by atoms with Gasteiger partial charge in [0.1, 0.15) is 6.61 Å². The second-order valence-electron chi connectivity index (χ2n) is 7.95. The van der Waals surface area contributed by atoms with Crippen LogP contribution in [0.15, 0.2) is 64.0 Å². The first-order valence-corrected chi connectivity index (χ1v) is 13.9. The van der Waals surface area contributed by atoms with Gasteiger partial charge in [-0.2, -0.15) is 5.01 Å². The van der Waals surface area contributed by atoms with E-state index in [1.807, 2.05) is 0 Å². The van der Waals surface area contributed by atoms with Crippen LogP contribution in [0, 0.1) is 10.1 Å². The van der Waals surface area contributed by atoms with E-state index in [0.29, 0.717) is 32.2 Å². The van der Waals surface area contributed by atoms with E-state index in [1.165, 1.54) is 31.4 Å². The van der Waals surface area contributed by atoms with E-state index in [-0.39, 0.29) is 26.5 Å². The minimum Gasteiger partial charge on any atom is -0.493 e. The number of amides is 3. The predicted molar refractivity (Wildman–Crippen MR) is 162 cm³/mol. The fourth-order valence-corrected chi connectivity index (χ4v) is 5.25. The molecule has 2 N–H and O–H groups in total. The van der Waals surface area contributed by atoms with Crippen molar-refractivity contribution in [2.45, 2.75) is 6.61 Å². The van der Waals surface area contributed by atoms with Crippen LogP contribution in [0.1, 0.15) is 11.1 Å². The highest BCUT2D eigenvalue weighted by molar-refractivity contribution is 9.10. The van der Waals surface area contributed by atoms with Gasteiger partial charge in [0.05, 0.1) is 27.0 Å². The van der Waals surface area contributed by atoms with Crippen molar-refractivity contribution in [2.24, 2.45) is 0 Å². The number of nitrogens with zero attached hydrogens (tertiary/aromatic N) is 2. The molecule has 206 valence electrons. The van der Waals surface area contributed by atoms with Crippen LogP contribution in [0.2, 0.25) is 10.0 Å². The summed E-state index contributed by atoms with van der Waals surface area (Å²) < 4.78 is 12.1. The molecule has 3 aromatic rings. The van der Waals surface area contributed by atoms with Crippen LogP contribution in [0.3, 0.4) is 0 Å². The SMILES string of the molecule is COc1cc(/C=C2/SC(=S)N(NC(=O)Nc3ccc(Cl)c(Cl)c3)C2=O)c(Br)cc1OCc1ccc([N+](=O)[O-])cc1. The zero-order valence-electron chi connectivity index (χ0n) is 20.3. The maximum atomic E-state index is 13.0. The van der Waals surface area contributed by atoms with E-state index in [0.717, 1.165) is 22.3 Å². The summed E-state index contributed by atoms with van der Waals surface area (Å²) in [5.74, 6) is 0.285. The van der Waals surface area contributed by atoms with Crippen molar-refractivity contribution in [3.8, 4) is 11.5 Å². The monoisotopic (exact) mass is 682 g/mol. The zero-order valence-corrected chi connectivity index (χ0v) is 25.0. The van der Waals surface area contributed by atoms with Gasteiger partial charge in [0.15, 0.2) is 15.8 Å². The Morgan fingerprint density at radius 3 is 2.52 bits per heavy atom. The lowest BCUT2D eigenvalue weighted by atomic mass is 10.1. The third-order valence-electron chi connectivity index (χ3n) is 5.30. The summed E-state index contributed by atoms with van der Waals surface area (Å²) in [6.45, 7) is 0.148. The third kappa shape index (κ3) is 7.04. The maximum Gasteiger partial charge on any atom is 0.338 e. The second-order valence-corrected chi connectivity index (χ2v) is 11.3. The number of hydrazine groups is 1. The maximum absolute atomic E-state index is 13.0. The number of nitro groups is 1. The largest absolute Gasteiger partial charge is 0.493 e. The number of thioether (sulfide) groups is 1. The van der Waals surface area contributed by atoms with Crippen LogP contribution < -0.4 is 20.2 Å². The van der Waals surface area contributed by atoms with E-state index < -0.39 is 16.9 Å². The molecule has 0 aromatic heterocycles. The van der Waals surface area contributed by atoms with Crippen molar-refractivity contribution >= 4 is 96.8 Å². The molecule has 1 heterocycles. The van der Waals surface area contributed by atoms with Crippen LogP contribution in [0.25, 0.3) is 6.08 Å². The number of nitro benzene ring substituents is 1. The molecule has 0 aliphatic carbocycles. The Morgan fingerprint density at radius 1 is 1.15 bits per heavy atom. The number of carbonyl (C=O) groups excluding carboxylic acids is 2. The molecule has 0 atom stereocenters. The van der Waals surface area contributed by atoms with Gasteiger partial charge in [0, 0.05) is 22.3 Å². The molecule has 3 aromatic carbocycles. The van der Waals surface area contributed by atoms with Gasteiger partial charge < -0.3 is 14.8 Å². The number of rotatable bonds is 8. The molecule has 10 nitrogen and oxygen atoms in total. The average molecular weight is 684 g/mol. The molecule has 0 bridgehead atoms. The number of non-ortho nitro benzene ring substituents is 1. The molecule has 4 rings (SSSR count). The van der Waals surface area contributed by atoms with Crippen LogP contribution in [-0.4, -0.2) is 33.3 Å². The number of nitrogens with one attached hydrogen (secondary N) is 2. The van der Waals surface area contributed by atoms with Gasteiger partial charge in [0.25, 0.3) is 11.6 Å². The number of anilines is 1. The zero-order chi connectivity index (χ0) is 29.0. The fourth-order valence-electron chi connectivity index (χ4n) is 3.35. The lowest BCUT2D eigenvalue weighted by molar-refractivity contribution is -0.384. The van der Waals surface area contributed by atoms with Gasteiger partial charge in [-0.3, -0.25) is 14.9 Å². The molecule has 1 fully saturated rings. The number of carbonyl (C=O) groups is 2. The summed E-state index contributed by atoms with van der Waals surface area (Å²) >= 11 is 21.7. The van der Waals surface area contributed by atoms with Crippen molar-refractivity contribution in [2.75, 3.05) is 12.4 Å². The Labute approximate surface area is 255 Å². The Bertz CT molecular complexity index is 1560. The topological polar surface area (TPSA) is 123 Å². The average Bonchev–Trinajstić information content (AvgIpc) is 3.18. The van der Waals surface area contributed by atoms with Gasteiger partial charge in [-0.15, -0.1) is 0 Å². The first-order valence-electron chi connectivity index (χ1n) is 11.1. The number of halogens is 3. The van der Waals surface area contributed by atoms with Crippen LogP contribution in [0.5, 0.6) is 11.5 Å². The predicted octanol–water partition coefficient (Wildman–Crippen LogP) is 7.19. The molecule has 15 heteroatoms. The Balaban J connectivity index is 1.45. The lowest BCUT2D eigenvalue weighted by Gasteiger charge is -2.16. The van der Waals surface area contributed by atoms with Gasteiger partial charge in [-0.25, -0.2) is 10.2 Å². The summed E-state index contributed by atoms with van der Waals surface area (Å²) in [4.78, 5) is 36.1. The minimum atomic E-state index is -0.701.